The van der Waals surface area contributed by atoms with E-state index in [2.05, 4.69) is 25.8 Å². The second kappa shape index (κ2) is 4.26. The fourth-order valence-electron chi connectivity index (χ4n) is 1.31. The minimum atomic E-state index is 0.672. The summed E-state index contributed by atoms with van der Waals surface area (Å²) >= 11 is 0. The van der Waals surface area contributed by atoms with Gasteiger partial charge < -0.3 is 4.74 Å². The third-order valence-corrected chi connectivity index (χ3v) is 2.03. The molecule has 0 aromatic carbocycles. The molecule has 0 amide bonds. The van der Waals surface area contributed by atoms with E-state index in [-0.39, 0.29) is 0 Å². The third kappa shape index (κ3) is 2.72. The van der Waals surface area contributed by atoms with E-state index in [4.69, 9.17) is 4.74 Å². The molecule has 1 heterocycles. The lowest BCUT2D eigenvalue weighted by Crippen LogP contribution is -1.99. The van der Waals surface area contributed by atoms with Gasteiger partial charge in [-0.15, -0.1) is 0 Å². The van der Waals surface area contributed by atoms with Crippen molar-refractivity contribution in [2.75, 3.05) is 7.11 Å². The van der Waals surface area contributed by atoms with Crippen LogP contribution in [0.15, 0.2) is 12.3 Å². The third-order valence-electron chi connectivity index (χ3n) is 2.03. The number of hydrogen-bond donors (Lipinski definition) is 0. The molecule has 1 aromatic heterocycles. The molecule has 0 aliphatic carbocycles. The molecule has 0 bridgehead atoms. The van der Waals surface area contributed by atoms with E-state index in [1.54, 1.807) is 7.11 Å². The van der Waals surface area contributed by atoms with Crippen LogP contribution in [0.2, 0.25) is 0 Å². The first kappa shape index (κ1) is 10.0. The Morgan fingerprint density at radius 3 is 2.69 bits per heavy atom. The van der Waals surface area contributed by atoms with Crippen molar-refractivity contribution in [3.8, 4) is 5.88 Å². The van der Waals surface area contributed by atoms with Crippen LogP contribution in [0, 0.1) is 12.8 Å². The zero-order valence-electron chi connectivity index (χ0n) is 8.79. The molecule has 0 fully saturated rings. The molecule has 0 aliphatic heterocycles. The first-order valence-electron chi connectivity index (χ1n) is 4.63. The Morgan fingerprint density at radius 2 is 2.15 bits per heavy atom. The van der Waals surface area contributed by atoms with Gasteiger partial charge in [-0.1, -0.05) is 13.8 Å². The number of hydrogen-bond acceptors (Lipinski definition) is 2. The first-order chi connectivity index (χ1) is 6.13. The van der Waals surface area contributed by atoms with Gasteiger partial charge in [0.15, 0.2) is 0 Å². The van der Waals surface area contributed by atoms with Crippen molar-refractivity contribution in [2.24, 2.45) is 5.92 Å². The molecule has 72 valence electrons. The summed E-state index contributed by atoms with van der Waals surface area (Å²) in [6.07, 6.45) is 2.96. The number of methoxy groups -OCH3 is 1. The number of nitrogens with zero attached hydrogens (tertiary/aromatic N) is 1. The average molecular weight is 179 g/mol. The lowest BCUT2D eigenvalue weighted by atomic mass is 10.0. The molecule has 13 heavy (non-hydrogen) atoms. The molecule has 2 heteroatoms. The smallest absolute Gasteiger partial charge is 0.213 e. The fraction of sp³-hybridized carbons (Fsp3) is 0.545. The molecule has 0 atom stereocenters. The van der Waals surface area contributed by atoms with E-state index in [0.717, 1.165) is 6.42 Å². The highest BCUT2D eigenvalue weighted by molar-refractivity contribution is 5.28. The molecule has 1 aromatic rings. The van der Waals surface area contributed by atoms with Gasteiger partial charge in [0.2, 0.25) is 5.88 Å². The summed E-state index contributed by atoms with van der Waals surface area (Å²) in [6.45, 7) is 6.52. The van der Waals surface area contributed by atoms with Crippen LogP contribution in [0.25, 0.3) is 0 Å². The van der Waals surface area contributed by atoms with Crippen molar-refractivity contribution in [1.82, 2.24) is 4.98 Å². The van der Waals surface area contributed by atoms with Crippen molar-refractivity contribution in [1.29, 1.82) is 0 Å². The van der Waals surface area contributed by atoms with Crippen LogP contribution >= 0.6 is 0 Å². The number of ether oxygens (including phenoxy) is 1. The Balaban J connectivity index is 2.90. The van der Waals surface area contributed by atoms with Crippen molar-refractivity contribution < 1.29 is 4.74 Å². The summed E-state index contributed by atoms with van der Waals surface area (Å²) in [4.78, 5) is 4.14. The maximum absolute atomic E-state index is 5.08. The highest BCUT2D eigenvalue weighted by atomic mass is 16.5. The van der Waals surface area contributed by atoms with Crippen molar-refractivity contribution >= 4 is 0 Å². The monoisotopic (exact) mass is 179 g/mol. The quantitative estimate of drug-likeness (QED) is 0.711. The van der Waals surface area contributed by atoms with Gasteiger partial charge in [0.05, 0.1) is 7.11 Å². The summed E-state index contributed by atoms with van der Waals surface area (Å²) in [5.74, 6) is 1.38. The Morgan fingerprint density at radius 1 is 1.46 bits per heavy atom. The molecular formula is C11H17NO. The molecule has 0 unspecified atom stereocenters. The van der Waals surface area contributed by atoms with E-state index >= 15 is 0 Å². The summed E-state index contributed by atoms with van der Waals surface area (Å²) in [5, 5.41) is 0. The SMILES string of the molecule is COc1cc(CC(C)C)c(C)cn1. The molecule has 0 spiro atoms. The largest absolute Gasteiger partial charge is 0.481 e. The molecule has 0 aliphatic rings. The fourth-order valence-corrected chi connectivity index (χ4v) is 1.31. The Bertz CT molecular complexity index is 281. The van der Waals surface area contributed by atoms with Crippen LogP contribution in [0.4, 0.5) is 0 Å². The lowest BCUT2D eigenvalue weighted by molar-refractivity contribution is 0.396. The van der Waals surface area contributed by atoms with Crippen molar-refractivity contribution in [2.45, 2.75) is 27.2 Å². The van der Waals surface area contributed by atoms with Crippen LogP contribution in [-0.2, 0) is 6.42 Å². The number of rotatable bonds is 3. The summed E-state index contributed by atoms with van der Waals surface area (Å²) in [5.41, 5.74) is 2.58. The predicted octanol–water partition coefficient (Wildman–Crippen LogP) is 2.60. The molecular weight excluding hydrogens is 162 g/mol. The Labute approximate surface area is 80.0 Å². The first-order valence-corrected chi connectivity index (χ1v) is 4.63. The molecule has 1 rings (SSSR count). The molecule has 0 saturated carbocycles. The molecule has 0 saturated heterocycles. The topological polar surface area (TPSA) is 22.1 Å². The zero-order valence-corrected chi connectivity index (χ0v) is 8.79. The van der Waals surface area contributed by atoms with Crippen LogP contribution < -0.4 is 4.74 Å². The van der Waals surface area contributed by atoms with E-state index in [0.29, 0.717) is 11.8 Å². The number of pyridine rings is 1. The summed E-state index contributed by atoms with van der Waals surface area (Å²) in [7, 11) is 1.65. The van der Waals surface area contributed by atoms with Gasteiger partial charge in [0, 0.05) is 12.3 Å². The number of aryl methyl sites for hydroxylation is 1. The highest BCUT2D eigenvalue weighted by Crippen LogP contribution is 2.16. The van der Waals surface area contributed by atoms with Gasteiger partial charge in [-0.05, 0) is 30.4 Å². The van der Waals surface area contributed by atoms with Crippen LogP contribution in [0.3, 0.4) is 0 Å². The van der Waals surface area contributed by atoms with Gasteiger partial charge in [-0.2, -0.15) is 0 Å². The van der Waals surface area contributed by atoms with Crippen LogP contribution in [-0.4, -0.2) is 12.1 Å². The molecule has 0 radical (unpaired) electrons. The van der Waals surface area contributed by atoms with Gasteiger partial charge in [-0.3, -0.25) is 0 Å². The maximum Gasteiger partial charge on any atom is 0.213 e. The molecule has 0 N–H and O–H groups in total. The zero-order chi connectivity index (χ0) is 9.84. The normalized spacial score (nSPS) is 10.5. The maximum atomic E-state index is 5.08. The van der Waals surface area contributed by atoms with E-state index in [1.165, 1.54) is 11.1 Å². The lowest BCUT2D eigenvalue weighted by Gasteiger charge is -2.09. The van der Waals surface area contributed by atoms with Gasteiger partial charge in [0.1, 0.15) is 0 Å². The van der Waals surface area contributed by atoms with Crippen LogP contribution in [0.5, 0.6) is 5.88 Å². The second-order valence-corrected chi connectivity index (χ2v) is 3.75. The Hall–Kier alpha value is -1.05. The second-order valence-electron chi connectivity index (χ2n) is 3.75. The Kier molecular flexibility index (Phi) is 3.29. The highest BCUT2D eigenvalue weighted by Gasteiger charge is 2.03. The van der Waals surface area contributed by atoms with Gasteiger partial charge in [0.25, 0.3) is 0 Å². The van der Waals surface area contributed by atoms with Crippen molar-refractivity contribution in [3.63, 3.8) is 0 Å². The minimum absolute atomic E-state index is 0.672. The van der Waals surface area contributed by atoms with Crippen molar-refractivity contribution in [3.05, 3.63) is 23.4 Å². The summed E-state index contributed by atoms with van der Waals surface area (Å²) < 4.78 is 5.08. The predicted molar refractivity (Wildman–Crippen MR) is 54.1 cm³/mol. The van der Waals surface area contributed by atoms with E-state index < -0.39 is 0 Å². The van der Waals surface area contributed by atoms with Gasteiger partial charge in [-0.25, -0.2) is 4.98 Å². The minimum Gasteiger partial charge on any atom is -0.481 e. The average Bonchev–Trinajstić information content (AvgIpc) is 2.08. The van der Waals surface area contributed by atoms with Crippen LogP contribution in [0.1, 0.15) is 25.0 Å². The van der Waals surface area contributed by atoms with Gasteiger partial charge >= 0.3 is 0 Å². The number of aromatic nitrogens is 1. The van der Waals surface area contributed by atoms with E-state index in [1.807, 2.05) is 12.3 Å². The summed E-state index contributed by atoms with van der Waals surface area (Å²) in [6, 6.07) is 2.02. The standard InChI is InChI=1S/C11H17NO/c1-8(2)5-10-6-11(13-4)12-7-9(10)3/h6-8H,5H2,1-4H3. The molecule has 2 nitrogen and oxygen atoms in total. The van der Waals surface area contributed by atoms with E-state index in [9.17, 15) is 0 Å².